The van der Waals surface area contributed by atoms with E-state index in [1.807, 2.05) is 0 Å². The molecular weight excluding hydrogens is 307 g/mol. The largest absolute Gasteiger partial charge is 0.352 e. The van der Waals surface area contributed by atoms with E-state index in [-0.39, 0.29) is 17.6 Å². The molecule has 0 atom stereocenters. The van der Waals surface area contributed by atoms with Gasteiger partial charge in [-0.25, -0.2) is 4.39 Å². The van der Waals surface area contributed by atoms with Gasteiger partial charge in [0.05, 0.1) is 0 Å². The predicted molar refractivity (Wildman–Crippen MR) is 90.5 cm³/mol. The third kappa shape index (κ3) is 3.62. The Morgan fingerprint density at radius 2 is 1.88 bits per heavy atom. The summed E-state index contributed by atoms with van der Waals surface area (Å²) in [4.78, 5) is 25.6. The smallest absolute Gasteiger partial charge is 0.251 e. The van der Waals surface area contributed by atoms with Gasteiger partial charge < -0.3 is 10.2 Å². The van der Waals surface area contributed by atoms with E-state index in [0.717, 1.165) is 18.7 Å². The summed E-state index contributed by atoms with van der Waals surface area (Å²) in [7, 11) is 0. The lowest BCUT2D eigenvalue weighted by atomic mass is 10.1. The molecule has 0 radical (unpaired) electrons. The van der Waals surface area contributed by atoms with Gasteiger partial charge in [0, 0.05) is 30.8 Å². The molecule has 0 aliphatic carbocycles. The minimum absolute atomic E-state index is 0.122. The molecule has 2 aromatic rings. The molecule has 124 valence electrons. The first-order valence-electron chi connectivity index (χ1n) is 8.07. The molecule has 4 nitrogen and oxygen atoms in total. The first-order valence-corrected chi connectivity index (χ1v) is 8.07. The van der Waals surface area contributed by atoms with Crippen LogP contribution < -0.4 is 10.2 Å². The number of carbonyl (C=O) groups excluding carboxylic acids is 2. The van der Waals surface area contributed by atoms with Gasteiger partial charge in [-0.2, -0.15) is 0 Å². The third-order valence-electron chi connectivity index (χ3n) is 4.15. The van der Waals surface area contributed by atoms with Gasteiger partial charge in [-0.05, 0) is 48.7 Å². The lowest BCUT2D eigenvalue weighted by Gasteiger charge is -2.15. The van der Waals surface area contributed by atoms with Gasteiger partial charge in [0.2, 0.25) is 5.91 Å². The van der Waals surface area contributed by atoms with Crippen LogP contribution in [0.4, 0.5) is 10.1 Å². The Morgan fingerprint density at radius 3 is 2.54 bits per heavy atom. The molecule has 1 aliphatic heterocycles. The first-order chi connectivity index (χ1) is 11.6. The third-order valence-corrected chi connectivity index (χ3v) is 4.15. The molecule has 1 N–H and O–H groups in total. The lowest BCUT2D eigenvalue weighted by Crippen LogP contribution is -2.26. The van der Waals surface area contributed by atoms with Crippen molar-refractivity contribution in [3.8, 4) is 0 Å². The molecule has 0 unspecified atom stereocenters. The summed E-state index contributed by atoms with van der Waals surface area (Å²) in [6, 6.07) is 13.5. The Labute approximate surface area is 140 Å². The summed E-state index contributed by atoms with van der Waals surface area (Å²) in [5.74, 6) is -0.339. The second-order valence-corrected chi connectivity index (χ2v) is 5.79. The lowest BCUT2D eigenvalue weighted by molar-refractivity contribution is -0.117. The summed E-state index contributed by atoms with van der Waals surface area (Å²) in [5.41, 5.74) is 1.93. The van der Waals surface area contributed by atoms with Crippen LogP contribution in [0.15, 0.2) is 48.5 Å². The van der Waals surface area contributed by atoms with Crippen LogP contribution >= 0.6 is 0 Å². The molecule has 0 saturated carbocycles. The molecule has 1 saturated heterocycles. The number of amides is 2. The molecule has 1 aliphatic rings. The maximum absolute atomic E-state index is 13.5. The van der Waals surface area contributed by atoms with E-state index in [1.54, 1.807) is 47.4 Å². The molecule has 0 spiro atoms. The van der Waals surface area contributed by atoms with Crippen LogP contribution in [0, 0.1) is 5.82 Å². The quantitative estimate of drug-likeness (QED) is 0.918. The summed E-state index contributed by atoms with van der Waals surface area (Å²) in [5, 5.41) is 2.79. The topological polar surface area (TPSA) is 49.4 Å². The number of benzene rings is 2. The number of nitrogens with one attached hydrogen (secondary N) is 1. The van der Waals surface area contributed by atoms with Crippen LogP contribution in [0.2, 0.25) is 0 Å². The van der Waals surface area contributed by atoms with Crippen molar-refractivity contribution in [2.24, 2.45) is 0 Å². The number of rotatable bonds is 5. The van der Waals surface area contributed by atoms with Crippen molar-refractivity contribution < 1.29 is 14.0 Å². The fourth-order valence-corrected chi connectivity index (χ4v) is 2.83. The average molecular weight is 326 g/mol. The zero-order valence-electron chi connectivity index (χ0n) is 13.3. The summed E-state index contributed by atoms with van der Waals surface area (Å²) >= 11 is 0. The Kier molecular flexibility index (Phi) is 4.89. The number of nitrogens with zero attached hydrogens (tertiary/aromatic N) is 1. The van der Waals surface area contributed by atoms with E-state index in [1.165, 1.54) is 6.07 Å². The number of halogens is 1. The maximum Gasteiger partial charge on any atom is 0.251 e. The molecule has 1 fully saturated rings. The normalized spacial score (nSPS) is 14.0. The zero-order valence-corrected chi connectivity index (χ0v) is 13.3. The number of anilines is 1. The number of hydrogen-bond donors (Lipinski definition) is 1. The predicted octanol–water partition coefficient (Wildman–Crippen LogP) is 2.93. The van der Waals surface area contributed by atoms with Gasteiger partial charge in [0.1, 0.15) is 5.82 Å². The number of carbonyl (C=O) groups is 2. The molecule has 3 rings (SSSR count). The summed E-state index contributed by atoms with van der Waals surface area (Å²) in [6.07, 6.45) is 1.90. The molecule has 0 aromatic heterocycles. The summed E-state index contributed by atoms with van der Waals surface area (Å²) < 4.78 is 13.5. The summed E-state index contributed by atoms with van der Waals surface area (Å²) in [6.45, 7) is 1.10. The standard InChI is InChI=1S/C19H19FN2O2/c20-17-5-2-1-4-14(17)11-12-21-19(24)15-7-9-16(10-8-15)22-13-3-6-18(22)23/h1-2,4-5,7-10H,3,6,11-13H2,(H,21,24). The Morgan fingerprint density at radius 1 is 1.12 bits per heavy atom. The van der Waals surface area contributed by atoms with Crippen molar-refractivity contribution in [2.75, 3.05) is 18.0 Å². The van der Waals surface area contributed by atoms with Gasteiger partial charge >= 0.3 is 0 Å². The SMILES string of the molecule is O=C(NCCc1ccccc1F)c1ccc(N2CCCC2=O)cc1. The molecule has 0 bridgehead atoms. The molecule has 2 amide bonds. The van der Waals surface area contributed by atoms with Crippen molar-refractivity contribution in [2.45, 2.75) is 19.3 Å². The second kappa shape index (κ2) is 7.25. The first kappa shape index (κ1) is 16.2. The highest BCUT2D eigenvalue weighted by Crippen LogP contribution is 2.21. The van der Waals surface area contributed by atoms with Gasteiger partial charge in [0.25, 0.3) is 5.91 Å². The van der Waals surface area contributed by atoms with Crippen LogP contribution in [0.1, 0.15) is 28.8 Å². The molecule has 2 aromatic carbocycles. The van der Waals surface area contributed by atoms with Crippen LogP contribution in [-0.4, -0.2) is 24.9 Å². The van der Waals surface area contributed by atoms with Gasteiger partial charge in [-0.3, -0.25) is 9.59 Å². The molecule has 1 heterocycles. The van der Waals surface area contributed by atoms with Gasteiger partial charge in [-0.15, -0.1) is 0 Å². The molecular formula is C19H19FN2O2. The average Bonchev–Trinajstić information content (AvgIpc) is 3.03. The van der Waals surface area contributed by atoms with E-state index in [9.17, 15) is 14.0 Å². The number of hydrogen-bond acceptors (Lipinski definition) is 2. The van der Waals surface area contributed by atoms with Gasteiger partial charge in [0.15, 0.2) is 0 Å². The van der Waals surface area contributed by atoms with Crippen molar-refractivity contribution in [3.05, 3.63) is 65.5 Å². The molecule has 24 heavy (non-hydrogen) atoms. The van der Waals surface area contributed by atoms with Crippen molar-refractivity contribution in [3.63, 3.8) is 0 Å². The van der Waals surface area contributed by atoms with Crippen LogP contribution in [0.3, 0.4) is 0 Å². The van der Waals surface area contributed by atoms with Crippen LogP contribution in [0.5, 0.6) is 0 Å². The Bertz CT molecular complexity index is 743. The van der Waals surface area contributed by atoms with Crippen molar-refractivity contribution in [1.82, 2.24) is 5.32 Å². The van der Waals surface area contributed by atoms with E-state index in [4.69, 9.17) is 0 Å². The highest BCUT2D eigenvalue weighted by atomic mass is 19.1. The van der Waals surface area contributed by atoms with E-state index in [0.29, 0.717) is 30.5 Å². The highest BCUT2D eigenvalue weighted by molar-refractivity contribution is 5.97. The van der Waals surface area contributed by atoms with E-state index >= 15 is 0 Å². The van der Waals surface area contributed by atoms with E-state index < -0.39 is 0 Å². The highest BCUT2D eigenvalue weighted by Gasteiger charge is 2.21. The van der Waals surface area contributed by atoms with Crippen LogP contribution in [0.25, 0.3) is 0 Å². The van der Waals surface area contributed by atoms with Gasteiger partial charge in [-0.1, -0.05) is 18.2 Å². The minimum Gasteiger partial charge on any atom is -0.352 e. The van der Waals surface area contributed by atoms with Crippen LogP contribution in [-0.2, 0) is 11.2 Å². The second-order valence-electron chi connectivity index (χ2n) is 5.79. The Hall–Kier alpha value is -2.69. The minimum atomic E-state index is -0.258. The monoisotopic (exact) mass is 326 g/mol. The fraction of sp³-hybridized carbons (Fsp3) is 0.263. The van der Waals surface area contributed by atoms with Crippen molar-refractivity contribution >= 4 is 17.5 Å². The fourth-order valence-electron chi connectivity index (χ4n) is 2.83. The van der Waals surface area contributed by atoms with E-state index in [2.05, 4.69) is 5.32 Å². The maximum atomic E-state index is 13.5. The molecule has 5 heteroatoms. The zero-order chi connectivity index (χ0) is 16.9. The van der Waals surface area contributed by atoms with Crippen molar-refractivity contribution in [1.29, 1.82) is 0 Å². The Balaban J connectivity index is 1.55.